The van der Waals surface area contributed by atoms with Crippen molar-refractivity contribution < 1.29 is 4.57 Å². The molecule has 74 heavy (non-hydrogen) atoms. The van der Waals surface area contributed by atoms with Crippen LogP contribution in [0.25, 0.3) is 88.7 Å². The van der Waals surface area contributed by atoms with Crippen molar-refractivity contribution in [3.8, 4) is 56.4 Å². The molecule has 5 heteroatoms. The lowest BCUT2D eigenvalue weighted by molar-refractivity contribution is 0.346. The molecular formula is C69H52N3OP. The standard InChI is InChI=1S/C69H52N3OP/c73-74(54-26-10-3-11-27-54,55-28-12-4-13-29-55)63-45-44-56(57-30-14-15-31-58(57)63)48-36-40-52(41-37-48)69(46-20-5-21-47-69)53-42-38-51(39-43-53)67-70-66(50-24-8-2-9-25-50)71-68(72-67)65-61-34-18-16-32-59(61)64(49-22-6-1-7-23-49)60-33-17-19-35-62(60)65/h1-4,6-19,22-45H,5,20-21,46-47H2. The summed E-state index contributed by atoms with van der Waals surface area (Å²) >= 11 is 0. The molecule has 11 aromatic carbocycles. The Bertz CT molecular complexity index is 3940. The Labute approximate surface area is 432 Å². The van der Waals surface area contributed by atoms with Gasteiger partial charge in [0, 0.05) is 38.0 Å². The number of hydrogen-bond donors (Lipinski definition) is 0. The molecule has 4 nitrogen and oxygen atoms in total. The first-order valence-corrected chi connectivity index (χ1v) is 27.5. The van der Waals surface area contributed by atoms with Crippen molar-refractivity contribution in [3.05, 3.63) is 266 Å². The van der Waals surface area contributed by atoms with Crippen molar-refractivity contribution in [1.29, 1.82) is 0 Å². The van der Waals surface area contributed by atoms with Gasteiger partial charge < -0.3 is 4.57 Å². The summed E-state index contributed by atoms with van der Waals surface area (Å²) in [5.41, 5.74) is 10.0. The zero-order valence-corrected chi connectivity index (χ0v) is 41.9. The summed E-state index contributed by atoms with van der Waals surface area (Å²) in [6.07, 6.45) is 5.72. The summed E-state index contributed by atoms with van der Waals surface area (Å²) in [6, 6.07) is 89.4. The van der Waals surface area contributed by atoms with Crippen LogP contribution in [-0.2, 0) is 9.98 Å². The van der Waals surface area contributed by atoms with Crippen LogP contribution < -0.4 is 15.9 Å². The average molecular weight is 970 g/mol. The Balaban J connectivity index is 0.890. The van der Waals surface area contributed by atoms with Gasteiger partial charge in [0.2, 0.25) is 0 Å². The second-order valence-corrected chi connectivity index (χ2v) is 22.4. The zero-order valence-electron chi connectivity index (χ0n) is 41.0. The number of nitrogens with zero attached hydrogens (tertiary/aromatic N) is 3. The highest BCUT2D eigenvalue weighted by Crippen LogP contribution is 2.49. The van der Waals surface area contributed by atoms with Crippen LogP contribution >= 0.6 is 7.14 Å². The molecule has 354 valence electrons. The minimum atomic E-state index is -3.20. The van der Waals surface area contributed by atoms with Crippen LogP contribution in [0.15, 0.2) is 255 Å². The van der Waals surface area contributed by atoms with Gasteiger partial charge in [-0.25, -0.2) is 15.0 Å². The molecular weight excluding hydrogens is 918 g/mol. The third-order valence-corrected chi connectivity index (χ3v) is 18.6. The van der Waals surface area contributed by atoms with Gasteiger partial charge in [-0.15, -0.1) is 0 Å². The highest BCUT2D eigenvalue weighted by molar-refractivity contribution is 7.85. The van der Waals surface area contributed by atoms with Crippen LogP contribution in [-0.4, -0.2) is 15.0 Å². The van der Waals surface area contributed by atoms with Crippen LogP contribution in [0, 0.1) is 0 Å². The summed E-state index contributed by atoms with van der Waals surface area (Å²) in [6.45, 7) is 0. The van der Waals surface area contributed by atoms with Crippen LogP contribution in [0.5, 0.6) is 0 Å². The molecule has 0 spiro atoms. The fourth-order valence-corrected chi connectivity index (χ4v) is 14.8. The van der Waals surface area contributed by atoms with E-state index < -0.39 is 7.14 Å². The molecule has 0 bridgehead atoms. The van der Waals surface area contributed by atoms with E-state index in [1.807, 2.05) is 78.9 Å². The number of aromatic nitrogens is 3. The van der Waals surface area contributed by atoms with E-state index in [9.17, 15) is 0 Å². The molecule has 1 heterocycles. The van der Waals surface area contributed by atoms with Gasteiger partial charge in [0.05, 0.1) is 0 Å². The normalized spacial score (nSPS) is 13.6. The first kappa shape index (κ1) is 45.3. The number of fused-ring (bicyclic) bond motifs is 3. The molecule has 1 aliphatic rings. The predicted molar refractivity (Wildman–Crippen MR) is 309 cm³/mol. The Morgan fingerprint density at radius 3 is 1.22 bits per heavy atom. The second kappa shape index (κ2) is 19.1. The van der Waals surface area contributed by atoms with Gasteiger partial charge in [0.1, 0.15) is 0 Å². The van der Waals surface area contributed by atoms with Gasteiger partial charge >= 0.3 is 0 Å². The van der Waals surface area contributed by atoms with Gasteiger partial charge in [-0.2, -0.15) is 0 Å². The average Bonchev–Trinajstić information content (AvgIpc) is 3.50. The quantitative estimate of drug-likeness (QED) is 0.101. The fraction of sp³-hybridized carbons (Fsp3) is 0.0870. The maximum Gasteiger partial charge on any atom is 0.171 e. The van der Waals surface area contributed by atoms with E-state index in [0.29, 0.717) is 17.5 Å². The molecule has 13 rings (SSSR count). The lowest BCUT2D eigenvalue weighted by Crippen LogP contribution is -2.30. The minimum Gasteiger partial charge on any atom is -0.309 e. The molecule has 1 aromatic heterocycles. The van der Waals surface area contributed by atoms with E-state index in [0.717, 1.165) is 88.9 Å². The Morgan fingerprint density at radius 1 is 0.311 bits per heavy atom. The molecule has 12 aromatic rings. The van der Waals surface area contributed by atoms with Crippen LogP contribution in [0.4, 0.5) is 0 Å². The first-order valence-electron chi connectivity index (χ1n) is 25.8. The molecule has 0 saturated heterocycles. The van der Waals surface area contributed by atoms with Crippen molar-refractivity contribution in [2.45, 2.75) is 37.5 Å². The smallest absolute Gasteiger partial charge is 0.171 e. The Morgan fingerprint density at radius 2 is 0.703 bits per heavy atom. The van der Waals surface area contributed by atoms with Crippen molar-refractivity contribution in [2.24, 2.45) is 0 Å². The van der Waals surface area contributed by atoms with E-state index in [1.165, 1.54) is 41.5 Å². The zero-order chi connectivity index (χ0) is 49.5. The number of benzene rings is 11. The van der Waals surface area contributed by atoms with Gasteiger partial charge in [-0.05, 0) is 84.6 Å². The minimum absolute atomic E-state index is 0.142. The van der Waals surface area contributed by atoms with E-state index in [-0.39, 0.29) is 5.41 Å². The van der Waals surface area contributed by atoms with Crippen LogP contribution in [0.1, 0.15) is 43.2 Å². The van der Waals surface area contributed by atoms with Crippen molar-refractivity contribution >= 4 is 55.4 Å². The molecule has 1 aliphatic carbocycles. The number of rotatable bonds is 10. The SMILES string of the molecule is O=P(c1ccccc1)(c1ccccc1)c1ccc(-c2ccc(C3(c4ccc(-c5nc(-c6ccccc6)nc(-c6c7ccccc7c(-c7ccccc7)c7ccccc67)n5)cc4)CCCCC3)cc2)c2ccccc12. The molecule has 0 N–H and O–H groups in total. The third kappa shape index (κ3) is 7.86. The molecule has 0 aliphatic heterocycles. The van der Waals surface area contributed by atoms with Crippen molar-refractivity contribution in [3.63, 3.8) is 0 Å². The molecule has 1 fully saturated rings. The molecule has 0 unspecified atom stereocenters. The lowest BCUT2D eigenvalue weighted by atomic mass is 9.65. The molecule has 0 atom stereocenters. The molecule has 0 amide bonds. The number of hydrogen-bond acceptors (Lipinski definition) is 4. The van der Waals surface area contributed by atoms with E-state index in [1.54, 1.807) is 0 Å². The van der Waals surface area contributed by atoms with Gasteiger partial charge in [0.25, 0.3) is 0 Å². The summed E-state index contributed by atoms with van der Waals surface area (Å²) in [4.78, 5) is 15.9. The van der Waals surface area contributed by atoms with Crippen molar-refractivity contribution in [1.82, 2.24) is 15.0 Å². The lowest BCUT2D eigenvalue weighted by Gasteiger charge is -2.39. The second-order valence-electron chi connectivity index (χ2n) is 19.6. The maximum atomic E-state index is 15.6. The Hall–Kier alpha value is -8.56. The third-order valence-electron chi connectivity index (χ3n) is 15.5. The highest BCUT2D eigenvalue weighted by Gasteiger charge is 2.36. The van der Waals surface area contributed by atoms with E-state index in [4.69, 9.17) is 15.0 Å². The van der Waals surface area contributed by atoms with Crippen LogP contribution in [0.3, 0.4) is 0 Å². The summed E-state index contributed by atoms with van der Waals surface area (Å²) in [5, 5.41) is 9.15. The summed E-state index contributed by atoms with van der Waals surface area (Å²) < 4.78 is 15.6. The Kier molecular flexibility index (Phi) is 11.7. The first-order chi connectivity index (χ1) is 36.6. The van der Waals surface area contributed by atoms with Gasteiger partial charge in [-0.3, -0.25) is 0 Å². The maximum absolute atomic E-state index is 15.6. The molecule has 1 saturated carbocycles. The monoisotopic (exact) mass is 969 g/mol. The predicted octanol–water partition coefficient (Wildman–Crippen LogP) is 16.6. The van der Waals surface area contributed by atoms with Crippen molar-refractivity contribution in [2.75, 3.05) is 0 Å². The van der Waals surface area contributed by atoms with Gasteiger partial charge in [-0.1, -0.05) is 268 Å². The largest absolute Gasteiger partial charge is 0.309 e. The van der Waals surface area contributed by atoms with Gasteiger partial charge in [0.15, 0.2) is 24.6 Å². The summed E-state index contributed by atoms with van der Waals surface area (Å²) in [5.74, 6) is 1.94. The topological polar surface area (TPSA) is 55.7 Å². The van der Waals surface area contributed by atoms with E-state index in [2.05, 4.69) is 176 Å². The summed E-state index contributed by atoms with van der Waals surface area (Å²) in [7, 11) is -3.20. The highest BCUT2D eigenvalue weighted by atomic mass is 31.2. The van der Waals surface area contributed by atoms with E-state index >= 15 is 4.57 Å². The van der Waals surface area contributed by atoms with Crippen LogP contribution in [0.2, 0.25) is 0 Å². The fourth-order valence-electron chi connectivity index (χ4n) is 11.9. The molecule has 0 radical (unpaired) electrons.